The number of hydrogen-bond acceptors (Lipinski definition) is 3. The summed E-state index contributed by atoms with van der Waals surface area (Å²) >= 11 is 0. The maximum Gasteiger partial charge on any atom is 0.165 e. The molecule has 0 bridgehead atoms. The molecule has 0 aliphatic rings. The topological polar surface area (TPSA) is 38.5 Å². The number of nitrogens with zero attached hydrogens (tertiary/aromatic N) is 1. The van der Waals surface area contributed by atoms with Crippen LogP contribution in [-0.4, -0.2) is 31.6 Å². The van der Waals surface area contributed by atoms with Crippen molar-refractivity contribution in [2.45, 2.75) is 40.2 Å². The maximum atomic E-state index is 13.9. The molecule has 120 valence electrons. The zero-order valence-corrected chi connectivity index (χ0v) is 13.9. The molecule has 0 aromatic heterocycles. The molecule has 0 saturated heterocycles. The summed E-state index contributed by atoms with van der Waals surface area (Å²) in [4.78, 5) is 2.37. The molecule has 0 fully saturated rings. The molecule has 1 rings (SSSR count). The van der Waals surface area contributed by atoms with E-state index in [4.69, 9.17) is 10.5 Å². The molecular formula is C17H29FN2O. The first-order valence-electron chi connectivity index (χ1n) is 7.62. The van der Waals surface area contributed by atoms with Gasteiger partial charge in [-0.1, -0.05) is 26.8 Å². The Labute approximate surface area is 128 Å². The largest absolute Gasteiger partial charge is 0.494 e. The van der Waals surface area contributed by atoms with Gasteiger partial charge in [0.25, 0.3) is 0 Å². The fourth-order valence-corrected chi connectivity index (χ4v) is 2.46. The molecule has 1 atom stereocenters. The van der Waals surface area contributed by atoms with E-state index in [1.807, 2.05) is 6.07 Å². The molecule has 21 heavy (non-hydrogen) atoms. The quantitative estimate of drug-likeness (QED) is 0.796. The summed E-state index contributed by atoms with van der Waals surface area (Å²) in [5.41, 5.74) is 6.87. The molecule has 0 saturated carbocycles. The third-order valence-electron chi connectivity index (χ3n) is 3.90. The fourth-order valence-electron chi connectivity index (χ4n) is 2.46. The van der Waals surface area contributed by atoms with Crippen LogP contribution in [-0.2, 0) is 0 Å². The summed E-state index contributed by atoms with van der Waals surface area (Å²) < 4.78 is 18.9. The van der Waals surface area contributed by atoms with E-state index in [1.165, 1.54) is 7.11 Å². The van der Waals surface area contributed by atoms with Crippen molar-refractivity contribution in [1.82, 2.24) is 4.90 Å². The van der Waals surface area contributed by atoms with E-state index >= 15 is 0 Å². The molecule has 0 amide bonds. The van der Waals surface area contributed by atoms with E-state index in [1.54, 1.807) is 12.1 Å². The summed E-state index contributed by atoms with van der Waals surface area (Å²) in [5.74, 6) is -0.0216. The van der Waals surface area contributed by atoms with E-state index in [0.29, 0.717) is 6.54 Å². The van der Waals surface area contributed by atoms with E-state index in [0.717, 1.165) is 25.1 Å². The highest BCUT2D eigenvalue weighted by Gasteiger charge is 2.24. The van der Waals surface area contributed by atoms with Crippen molar-refractivity contribution in [3.05, 3.63) is 29.6 Å². The van der Waals surface area contributed by atoms with Crippen LogP contribution < -0.4 is 10.5 Å². The van der Waals surface area contributed by atoms with Crippen LogP contribution in [0.1, 0.15) is 45.7 Å². The van der Waals surface area contributed by atoms with Gasteiger partial charge in [0.05, 0.1) is 7.11 Å². The zero-order valence-electron chi connectivity index (χ0n) is 13.9. The summed E-state index contributed by atoms with van der Waals surface area (Å²) in [6.45, 7) is 11.1. The van der Waals surface area contributed by atoms with Crippen molar-refractivity contribution >= 4 is 0 Å². The Morgan fingerprint density at radius 1 is 1.38 bits per heavy atom. The lowest BCUT2D eigenvalue weighted by molar-refractivity contribution is 0.140. The maximum absolute atomic E-state index is 13.9. The Bertz CT molecular complexity index is 448. The van der Waals surface area contributed by atoms with Gasteiger partial charge in [-0.2, -0.15) is 0 Å². The molecule has 1 unspecified atom stereocenters. The van der Waals surface area contributed by atoms with Gasteiger partial charge in [0, 0.05) is 12.6 Å². The third kappa shape index (κ3) is 4.97. The molecule has 3 nitrogen and oxygen atoms in total. The lowest BCUT2D eigenvalue weighted by Gasteiger charge is -2.36. The standard InChI is InChI=1S/C17H29FN2O/c1-6-9-20(12-17(3,4)11-19)13(2)14-7-8-16(21-5)15(18)10-14/h7-8,10,13H,6,9,11-12,19H2,1-5H3. The minimum Gasteiger partial charge on any atom is -0.494 e. The summed E-state index contributed by atoms with van der Waals surface area (Å²) in [5, 5.41) is 0. The second kappa shape index (κ2) is 7.76. The molecular weight excluding hydrogens is 267 g/mol. The number of ether oxygens (including phenoxy) is 1. The first kappa shape index (κ1) is 17.9. The molecule has 1 aromatic carbocycles. The van der Waals surface area contributed by atoms with E-state index < -0.39 is 0 Å². The third-order valence-corrected chi connectivity index (χ3v) is 3.90. The van der Waals surface area contributed by atoms with Gasteiger partial charge < -0.3 is 10.5 Å². The van der Waals surface area contributed by atoms with Gasteiger partial charge in [-0.25, -0.2) is 4.39 Å². The van der Waals surface area contributed by atoms with Gasteiger partial charge in [0.2, 0.25) is 0 Å². The van der Waals surface area contributed by atoms with Crippen molar-refractivity contribution in [2.75, 3.05) is 26.7 Å². The molecule has 0 spiro atoms. The van der Waals surface area contributed by atoms with Crippen LogP contribution in [0.3, 0.4) is 0 Å². The molecule has 2 N–H and O–H groups in total. The molecule has 0 heterocycles. The Balaban J connectivity index is 2.94. The van der Waals surface area contributed by atoms with Crippen molar-refractivity contribution in [3.63, 3.8) is 0 Å². The Morgan fingerprint density at radius 3 is 2.52 bits per heavy atom. The number of halogens is 1. The Hall–Kier alpha value is -1.13. The van der Waals surface area contributed by atoms with Gasteiger partial charge in [-0.3, -0.25) is 4.90 Å². The molecule has 0 aliphatic heterocycles. The Kier molecular flexibility index (Phi) is 6.62. The lowest BCUT2D eigenvalue weighted by Crippen LogP contribution is -2.40. The summed E-state index contributed by atoms with van der Waals surface area (Å²) in [6, 6.07) is 5.35. The normalized spacial score (nSPS) is 13.5. The van der Waals surface area contributed by atoms with E-state index in [-0.39, 0.29) is 23.0 Å². The highest BCUT2D eigenvalue weighted by Crippen LogP contribution is 2.28. The van der Waals surface area contributed by atoms with Crippen molar-refractivity contribution < 1.29 is 9.13 Å². The molecule has 0 aliphatic carbocycles. The second-order valence-electron chi connectivity index (χ2n) is 6.41. The van der Waals surface area contributed by atoms with Gasteiger partial charge in [-0.15, -0.1) is 0 Å². The molecule has 0 radical (unpaired) electrons. The van der Waals surface area contributed by atoms with Gasteiger partial charge in [0.1, 0.15) is 0 Å². The van der Waals surface area contributed by atoms with Crippen LogP contribution in [0.4, 0.5) is 4.39 Å². The minimum atomic E-state index is -0.309. The van der Waals surface area contributed by atoms with Crippen LogP contribution in [0.25, 0.3) is 0 Å². The van der Waals surface area contributed by atoms with Gasteiger partial charge in [-0.05, 0) is 49.5 Å². The molecule has 1 aromatic rings. The van der Waals surface area contributed by atoms with Crippen LogP contribution in [0.15, 0.2) is 18.2 Å². The average Bonchev–Trinajstić information content (AvgIpc) is 2.45. The van der Waals surface area contributed by atoms with Crippen LogP contribution in [0.2, 0.25) is 0 Å². The number of benzene rings is 1. The lowest BCUT2D eigenvalue weighted by atomic mass is 9.91. The zero-order chi connectivity index (χ0) is 16.0. The SMILES string of the molecule is CCCN(CC(C)(C)CN)C(C)c1ccc(OC)c(F)c1. The number of methoxy groups -OCH3 is 1. The first-order chi connectivity index (χ1) is 9.84. The van der Waals surface area contributed by atoms with Crippen LogP contribution in [0, 0.1) is 11.2 Å². The molecule has 4 heteroatoms. The number of hydrogen-bond donors (Lipinski definition) is 1. The fraction of sp³-hybridized carbons (Fsp3) is 0.647. The highest BCUT2D eigenvalue weighted by atomic mass is 19.1. The van der Waals surface area contributed by atoms with Crippen LogP contribution >= 0.6 is 0 Å². The predicted molar refractivity (Wildman–Crippen MR) is 86.1 cm³/mol. The van der Waals surface area contributed by atoms with E-state index in [2.05, 4.69) is 32.6 Å². The summed E-state index contributed by atoms with van der Waals surface area (Å²) in [7, 11) is 1.48. The monoisotopic (exact) mass is 296 g/mol. The Morgan fingerprint density at radius 2 is 2.05 bits per heavy atom. The number of rotatable bonds is 8. The van der Waals surface area contributed by atoms with Crippen molar-refractivity contribution in [3.8, 4) is 5.75 Å². The predicted octanol–water partition coefficient (Wildman–Crippen LogP) is 3.59. The van der Waals surface area contributed by atoms with Crippen molar-refractivity contribution in [2.24, 2.45) is 11.1 Å². The van der Waals surface area contributed by atoms with Gasteiger partial charge in [0.15, 0.2) is 11.6 Å². The smallest absolute Gasteiger partial charge is 0.165 e. The minimum absolute atomic E-state index is 0.0500. The number of nitrogens with two attached hydrogens (primary N) is 1. The van der Waals surface area contributed by atoms with Gasteiger partial charge >= 0.3 is 0 Å². The van der Waals surface area contributed by atoms with E-state index in [9.17, 15) is 4.39 Å². The van der Waals surface area contributed by atoms with Crippen LogP contribution in [0.5, 0.6) is 5.75 Å². The summed E-state index contributed by atoms with van der Waals surface area (Å²) in [6.07, 6.45) is 1.06. The average molecular weight is 296 g/mol. The van der Waals surface area contributed by atoms with Crippen molar-refractivity contribution in [1.29, 1.82) is 0 Å². The highest BCUT2D eigenvalue weighted by molar-refractivity contribution is 5.30. The second-order valence-corrected chi connectivity index (χ2v) is 6.41. The first-order valence-corrected chi connectivity index (χ1v) is 7.62.